The van der Waals surface area contributed by atoms with Gasteiger partial charge in [-0.15, -0.1) is 0 Å². The molecule has 1 atom stereocenters. The number of aromatic nitrogens is 3. The third-order valence-electron chi connectivity index (χ3n) is 4.59. The van der Waals surface area contributed by atoms with Crippen LogP contribution in [-0.2, 0) is 0 Å². The van der Waals surface area contributed by atoms with E-state index in [0.717, 1.165) is 38.8 Å². The van der Waals surface area contributed by atoms with Crippen molar-refractivity contribution in [2.24, 2.45) is 0 Å². The maximum atomic E-state index is 9.04. The molecule has 5 nitrogen and oxygen atoms in total. The number of fused-ring (bicyclic) bond motifs is 1. The fourth-order valence-electron chi connectivity index (χ4n) is 2.89. The maximum absolute atomic E-state index is 9.04. The average molecular weight is 373 g/mol. The van der Waals surface area contributed by atoms with Crippen LogP contribution in [0.3, 0.4) is 0 Å². The Kier molecular flexibility index (Phi) is 4.61. The lowest BCUT2D eigenvalue weighted by atomic mass is 10.0. The number of thiazole rings is 1. The lowest BCUT2D eigenvalue weighted by Crippen LogP contribution is -2.12. The monoisotopic (exact) mass is 373 g/mol. The third kappa shape index (κ3) is 3.42. The van der Waals surface area contributed by atoms with E-state index >= 15 is 0 Å². The van der Waals surface area contributed by atoms with Crippen molar-refractivity contribution in [1.29, 1.82) is 5.26 Å². The summed E-state index contributed by atoms with van der Waals surface area (Å²) in [5, 5.41) is 13.4. The largest absolute Gasteiger partial charge is 0.359 e. The number of rotatable bonds is 5. The van der Waals surface area contributed by atoms with Crippen LogP contribution in [0.5, 0.6) is 0 Å². The van der Waals surface area contributed by atoms with Gasteiger partial charge in [0.2, 0.25) is 0 Å². The Hall–Kier alpha value is -3.17. The lowest BCUT2D eigenvalue weighted by molar-refractivity contribution is 0.763. The highest BCUT2D eigenvalue weighted by Gasteiger charge is 2.12. The molecule has 0 fully saturated rings. The van der Waals surface area contributed by atoms with Crippen LogP contribution in [0.25, 0.3) is 27.2 Å². The molecular formula is C21H19N5S. The van der Waals surface area contributed by atoms with E-state index in [4.69, 9.17) is 5.26 Å². The summed E-state index contributed by atoms with van der Waals surface area (Å²) in [6.07, 6.45) is 8.80. The van der Waals surface area contributed by atoms with Crippen molar-refractivity contribution in [3.8, 4) is 27.6 Å². The van der Waals surface area contributed by atoms with Crippen molar-refractivity contribution >= 4 is 22.1 Å². The Morgan fingerprint density at radius 1 is 1.22 bits per heavy atom. The Labute approximate surface area is 162 Å². The van der Waals surface area contributed by atoms with Crippen LogP contribution in [-0.4, -0.2) is 20.4 Å². The highest BCUT2D eigenvalue weighted by atomic mass is 32.1. The van der Waals surface area contributed by atoms with Gasteiger partial charge in [-0.3, -0.25) is 0 Å². The fourth-order valence-corrected chi connectivity index (χ4v) is 3.80. The number of imidazole rings is 1. The minimum atomic E-state index is 0.398. The first-order valence-corrected chi connectivity index (χ1v) is 9.69. The molecule has 0 radical (unpaired) electrons. The van der Waals surface area contributed by atoms with E-state index in [1.54, 1.807) is 17.5 Å². The fraction of sp³-hybridized carbons (Fsp3) is 0.190. The zero-order valence-corrected chi connectivity index (χ0v) is 16.0. The summed E-state index contributed by atoms with van der Waals surface area (Å²) in [6.45, 7) is 4.31. The molecule has 0 spiro atoms. The Morgan fingerprint density at radius 2 is 2.04 bits per heavy atom. The van der Waals surface area contributed by atoms with E-state index in [-0.39, 0.29) is 0 Å². The van der Waals surface area contributed by atoms with Gasteiger partial charge in [0.1, 0.15) is 5.65 Å². The van der Waals surface area contributed by atoms with Crippen LogP contribution in [0.15, 0.2) is 55.1 Å². The SMILES string of the molecule is CC[C@@H](C)Nc1ncc(-c2cc(-c3ccc(C#N)cc3)c3nccn3c2)s1. The molecule has 1 N–H and O–H groups in total. The van der Waals surface area contributed by atoms with Gasteiger partial charge in [-0.1, -0.05) is 30.4 Å². The van der Waals surface area contributed by atoms with Crippen LogP contribution >= 0.6 is 11.3 Å². The van der Waals surface area contributed by atoms with E-state index < -0.39 is 0 Å². The summed E-state index contributed by atoms with van der Waals surface area (Å²) in [4.78, 5) is 10.1. The second-order valence-electron chi connectivity index (χ2n) is 6.47. The van der Waals surface area contributed by atoms with Crippen molar-refractivity contribution in [2.75, 3.05) is 5.32 Å². The van der Waals surface area contributed by atoms with Crippen LogP contribution in [0.1, 0.15) is 25.8 Å². The van der Waals surface area contributed by atoms with Crippen molar-refractivity contribution in [2.45, 2.75) is 26.3 Å². The number of nitrogens with zero attached hydrogens (tertiary/aromatic N) is 4. The van der Waals surface area contributed by atoms with Crippen molar-refractivity contribution < 1.29 is 0 Å². The molecule has 1 aromatic carbocycles. The zero-order valence-electron chi connectivity index (χ0n) is 15.2. The van der Waals surface area contributed by atoms with Gasteiger partial charge in [-0.05, 0) is 37.1 Å². The highest BCUT2D eigenvalue weighted by molar-refractivity contribution is 7.18. The minimum absolute atomic E-state index is 0.398. The summed E-state index contributed by atoms with van der Waals surface area (Å²) in [5.41, 5.74) is 4.71. The second kappa shape index (κ2) is 7.22. The molecule has 0 amide bonds. The lowest BCUT2D eigenvalue weighted by Gasteiger charge is -2.09. The van der Waals surface area contributed by atoms with E-state index in [0.29, 0.717) is 11.6 Å². The number of benzene rings is 1. The van der Waals surface area contributed by atoms with Crippen LogP contribution in [0.2, 0.25) is 0 Å². The van der Waals surface area contributed by atoms with E-state index in [1.165, 1.54) is 0 Å². The number of hydrogen-bond acceptors (Lipinski definition) is 5. The summed E-state index contributed by atoms with van der Waals surface area (Å²) < 4.78 is 2.03. The molecule has 0 aliphatic rings. The molecule has 0 aliphatic carbocycles. The van der Waals surface area contributed by atoms with Gasteiger partial charge >= 0.3 is 0 Å². The summed E-state index contributed by atoms with van der Waals surface area (Å²) in [6, 6.07) is 12.3. The van der Waals surface area contributed by atoms with Crippen molar-refractivity contribution in [1.82, 2.24) is 14.4 Å². The first kappa shape index (κ1) is 17.3. The number of pyridine rings is 1. The topological polar surface area (TPSA) is 66.0 Å². The van der Waals surface area contributed by atoms with E-state index in [1.807, 2.05) is 41.1 Å². The van der Waals surface area contributed by atoms with Gasteiger partial charge in [0.05, 0.1) is 16.5 Å². The Balaban J connectivity index is 1.77. The van der Waals surface area contributed by atoms with Gasteiger partial charge in [0.25, 0.3) is 0 Å². The zero-order chi connectivity index (χ0) is 18.8. The molecule has 0 saturated heterocycles. The quantitative estimate of drug-likeness (QED) is 0.522. The normalized spacial score (nSPS) is 12.0. The highest BCUT2D eigenvalue weighted by Crippen LogP contribution is 2.34. The van der Waals surface area contributed by atoms with Gasteiger partial charge in [-0.2, -0.15) is 5.26 Å². The molecule has 3 heterocycles. The second-order valence-corrected chi connectivity index (χ2v) is 7.50. The predicted molar refractivity (Wildman–Crippen MR) is 110 cm³/mol. The van der Waals surface area contributed by atoms with Crippen LogP contribution in [0.4, 0.5) is 5.13 Å². The average Bonchev–Trinajstić information content (AvgIpc) is 3.36. The molecule has 4 aromatic rings. The van der Waals surface area contributed by atoms with Gasteiger partial charge in [0.15, 0.2) is 5.13 Å². The third-order valence-corrected chi connectivity index (χ3v) is 5.56. The van der Waals surface area contributed by atoms with Gasteiger partial charge in [-0.25, -0.2) is 9.97 Å². The number of nitriles is 1. The minimum Gasteiger partial charge on any atom is -0.359 e. The number of nitrogens with one attached hydrogen (secondary N) is 1. The van der Waals surface area contributed by atoms with Crippen molar-refractivity contribution in [3.05, 3.63) is 60.7 Å². The smallest absolute Gasteiger partial charge is 0.183 e. The first-order valence-electron chi connectivity index (χ1n) is 8.88. The van der Waals surface area contributed by atoms with Gasteiger partial charge in [0, 0.05) is 42.0 Å². The molecule has 27 heavy (non-hydrogen) atoms. The molecule has 0 saturated carbocycles. The summed E-state index contributed by atoms with van der Waals surface area (Å²) in [5.74, 6) is 0. The van der Waals surface area contributed by atoms with Gasteiger partial charge < -0.3 is 9.72 Å². The van der Waals surface area contributed by atoms with E-state index in [2.05, 4.69) is 47.5 Å². The van der Waals surface area contributed by atoms with Crippen LogP contribution in [0, 0.1) is 11.3 Å². The molecule has 0 aliphatic heterocycles. The molecule has 134 valence electrons. The number of hydrogen-bond donors (Lipinski definition) is 1. The van der Waals surface area contributed by atoms with Crippen LogP contribution < -0.4 is 5.32 Å². The summed E-state index contributed by atoms with van der Waals surface area (Å²) >= 11 is 1.65. The molecule has 3 aromatic heterocycles. The molecule has 4 rings (SSSR count). The predicted octanol–water partition coefficient (Wildman–Crippen LogP) is 5.21. The summed E-state index contributed by atoms with van der Waals surface area (Å²) in [7, 11) is 0. The molecule has 6 heteroatoms. The molecular weight excluding hydrogens is 354 g/mol. The van der Waals surface area contributed by atoms with E-state index in [9.17, 15) is 0 Å². The maximum Gasteiger partial charge on any atom is 0.183 e. The first-order chi connectivity index (χ1) is 13.2. The molecule has 0 unspecified atom stereocenters. The molecule has 0 bridgehead atoms. The Morgan fingerprint density at radius 3 is 2.78 bits per heavy atom. The van der Waals surface area contributed by atoms with Crippen molar-refractivity contribution in [3.63, 3.8) is 0 Å². The number of anilines is 1. The Bertz CT molecular complexity index is 1120. The standard InChI is InChI=1S/C21H19N5S/c1-3-14(2)25-21-24-12-19(27-21)17-10-18(20-23-8-9-26(20)13-17)16-6-4-15(11-22)5-7-16/h4-10,12-14H,3H2,1-2H3,(H,24,25)/t14-/m1/s1.